The molecule has 23 heavy (non-hydrogen) atoms. The summed E-state index contributed by atoms with van der Waals surface area (Å²) in [5.74, 6) is 0. The van der Waals surface area contributed by atoms with Crippen LogP contribution in [0.4, 0.5) is 24.0 Å². The first-order chi connectivity index (χ1) is 10.8. The molecule has 2 heterocycles. The number of alkyl halides is 3. The smallest absolute Gasteiger partial charge is 0.331 e. The molecule has 0 saturated heterocycles. The van der Waals surface area contributed by atoms with Crippen molar-refractivity contribution in [3.63, 3.8) is 0 Å². The number of hydrogen-bond acceptors (Lipinski definition) is 5. The molecule has 3 nitrogen and oxygen atoms in total. The van der Waals surface area contributed by atoms with Gasteiger partial charge in [0.1, 0.15) is 0 Å². The maximum absolute atomic E-state index is 13.0. The van der Waals surface area contributed by atoms with Gasteiger partial charge in [-0.1, -0.05) is 12.1 Å². The van der Waals surface area contributed by atoms with Crippen LogP contribution >= 0.6 is 22.7 Å². The second-order valence-corrected chi connectivity index (χ2v) is 6.91. The molecule has 8 heteroatoms. The Morgan fingerprint density at radius 1 is 1.09 bits per heavy atom. The lowest BCUT2D eigenvalue weighted by Crippen LogP contribution is -2.08. The van der Waals surface area contributed by atoms with Crippen molar-refractivity contribution in [1.82, 2.24) is 9.97 Å². The Labute approximate surface area is 138 Å². The van der Waals surface area contributed by atoms with E-state index >= 15 is 0 Å². The maximum atomic E-state index is 13.0. The van der Waals surface area contributed by atoms with Crippen molar-refractivity contribution in [2.75, 3.05) is 5.32 Å². The third-order valence-corrected chi connectivity index (χ3v) is 4.97. The van der Waals surface area contributed by atoms with Gasteiger partial charge in [0, 0.05) is 5.38 Å². The molecule has 0 fully saturated rings. The third-order valence-electron chi connectivity index (χ3n) is 3.11. The van der Waals surface area contributed by atoms with Crippen LogP contribution in [0.25, 0.3) is 10.6 Å². The summed E-state index contributed by atoms with van der Waals surface area (Å²) in [7, 11) is 0. The van der Waals surface area contributed by atoms with Gasteiger partial charge >= 0.3 is 6.18 Å². The summed E-state index contributed by atoms with van der Waals surface area (Å²) < 4.78 is 39.0. The quantitative estimate of drug-likeness (QED) is 0.660. The number of aryl methyl sites for hydroxylation is 2. The molecule has 0 atom stereocenters. The molecule has 0 aliphatic heterocycles. The van der Waals surface area contributed by atoms with Crippen LogP contribution in [0.15, 0.2) is 29.6 Å². The predicted octanol–water partition coefficient (Wildman–Crippen LogP) is 5.65. The Hall–Kier alpha value is -1.93. The predicted molar refractivity (Wildman–Crippen MR) is 87.4 cm³/mol. The van der Waals surface area contributed by atoms with Gasteiger partial charge < -0.3 is 5.32 Å². The number of para-hydroxylation sites is 1. The summed E-state index contributed by atoms with van der Waals surface area (Å²) in [5, 5.41) is 5.94. The highest BCUT2D eigenvalue weighted by Crippen LogP contribution is 2.37. The molecular weight excluding hydrogens is 343 g/mol. The first-order valence-corrected chi connectivity index (χ1v) is 8.37. The molecule has 0 radical (unpaired) electrons. The lowest BCUT2D eigenvalue weighted by molar-refractivity contribution is -0.136. The molecule has 0 saturated carbocycles. The molecule has 0 bridgehead atoms. The Morgan fingerprint density at radius 3 is 2.48 bits per heavy atom. The van der Waals surface area contributed by atoms with E-state index < -0.39 is 11.7 Å². The Balaban J connectivity index is 1.90. The summed E-state index contributed by atoms with van der Waals surface area (Å²) in [6.07, 6.45) is -4.41. The molecule has 120 valence electrons. The SMILES string of the molecule is Cc1nc(C)c(-c2csc(Nc3ccccc3C(F)(F)F)n2)s1. The number of halogens is 3. The van der Waals surface area contributed by atoms with Gasteiger partial charge in [-0.2, -0.15) is 13.2 Å². The third kappa shape index (κ3) is 3.37. The second-order valence-electron chi connectivity index (χ2n) is 4.85. The largest absolute Gasteiger partial charge is 0.418 e. The minimum atomic E-state index is -4.41. The number of rotatable bonds is 3. The van der Waals surface area contributed by atoms with E-state index in [0.717, 1.165) is 27.3 Å². The van der Waals surface area contributed by atoms with Crippen molar-refractivity contribution < 1.29 is 13.2 Å². The Morgan fingerprint density at radius 2 is 1.83 bits per heavy atom. The van der Waals surface area contributed by atoms with Crippen LogP contribution in [0, 0.1) is 13.8 Å². The fourth-order valence-electron chi connectivity index (χ4n) is 2.16. The van der Waals surface area contributed by atoms with Gasteiger partial charge in [-0.3, -0.25) is 0 Å². The van der Waals surface area contributed by atoms with Crippen molar-refractivity contribution in [1.29, 1.82) is 0 Å². The van der Waals surface area contributed by atoms with E-state index in [0.29, 0.717) is 5.13 Å². The van der Waals surface area contributed by atoms with Crippen molar-refractivity contribution in [2.45, 2.75) is 20.0 Å². The van der Waals surface area contributed by atoms with Gasteiger partial charge in [0.25, 0.3) is 0 Å². The van der Waals surface area contributed by atoms with Crippen LogP contribution in [0.2, 0.25) is 0 Å². The standard InChI is InChI=1S/C15H12F3N3S2/c1-8-13(23-9(2)19-8)12-7-22-14(21-12)20-11-6-4-3-5-10(11)15(16,17)18/h3-7H,1-2H3,(H,20,21). The average molecular weight is 355 g/mol. The van der Waals surface area contributed by atoms with E-state index in [1.54, 1.807) is 6.07 Å². The van der Waals surface area contributed by atoms with E-state index in [1.807, 2.05) is 19.2 Å². The highest BCUT2D eigenvalue weighted by Gasteiger charge is 2.33. The molecule has 1 N–H and O–H groups in total. The molecular formula is C15H12F3N3S2. The van der Waals surface area contributed by atoms with Crippen LogP contribution in [-0.4, -0.2) is 9.97 Å². The summed E-state index contributed by atoms with van der Waals surface area (Å²) in [6.45, 7) is 3.80. The number of benzene rings is 1. The van der Waals surface area contributed by atoms with Gasteiger partial charge in [-0.05, 0) is 26.0 Å². The monoisotopic (exact) mass is 355 g/mol. The van der Waals surface area contributed by atoms with Crippen molar-refractivity contribution in [2.24, 2.45) is 0 Å². The number of nitrogens with one attached hydrogen (secondary N) is 1. The van der Waals surface area contributed by atoms with E-state index in [2.05, 4.69) is 15.3 Å². The number of thiazole rings is 2. The number of nitrogens with zero attached hydrogens (tertiary/aromatic N) is 2. The summed E-state index contributed by atoms with van der Waals surface area (Å²) in [4.78, 5) is 9.67. The fraction of sp³-hybridized carbons (Fsp3) is 0.200. The van der Waals surface area contributed by atoms with E-state index in [1.165, 1.54) is 34.8 Å². The van der Waals surface area contributed by atoms with Gasteiger partial charge in [-0.25, -0.2) is 9.97 Å². The zero-order chi connectivity index (χ0) is 16.6. The molecule has 0 aliphatic rings. The van der Waals surface area contributed by atoms with Crippen LogP contribution in [-0.2, 0) is 6.18 Å². The second kappa shape index (κ2) is 5.93. The van der Waals surface area contributed by atoms with Gasteiger partial charge in [0.2, 0.25) is 0 Å². The van der Waals surface area contributed by atoms with Gasteiger partial charge in [0.05, 0.1) is 32.5 Å². The molecule has 0 unspecified atom stereocenters. The van der Waals surface area contributed by atoms with E-state index in [-0.39, 0.29) is 5.69 Å². The van der Waals surface area contributed by atoms with Crippen LogP contribution in [0.1, 0.15) is 16.3 Å². The first kappa shape index (κ1) is 15.9. The molecule has 3 aromatic rings. The normalized spacial score (nSPS) is 11.7. The topological polar surface area (TPSA) is 37.8 Å². The molecule has 0 aliphatic carbocycles. The first-order valence-electron chi connectivity index (χ1n) is 6.68. The number of hydrogen-bond donors (Lipinski definition) is 1. The highest BCUT2D eigenvalue weighted by atomic mass is 32.1. The molecule has 3 rings (SSSR count). The highest BCUT2D eigenvalue weighted by molar-refractivity contribution is 7.16. The zero-order valence-electron chi connectivity index (χ0n) is 12.2. The molecule has 2 aromatic heterocycles. The number of aromatic nitrogens is 2. The lowest BCUT2D eigenvalue weighted by atomic mass is 10.2. The van der Waals surface area contributed by atoms with Gasteiger partial charge in [-0.15, -0.1) is 22.7 Å². The van der Waals surface area contributed by atoms with Crippen LogP contribution < -0.4 is 5.32 Å². The van der Waals surface area contributed by atoms with E-state index in [9.17, 15) is 13.2 Å². The summed E-state index contributed by atoms with van der Waals surface area (Å²) in [6, 6.07) is 5.37. The van der Waals surface area contributed by atoms with Crippen molar-refractivity contribution in [3.8, 4) is 10.6 Å². The summed E-state index contributed by atoms with van der Waals surface area (Å²) >= 11 is 2.79. The van der Waals surface area contributed by atoms with Crippen molar-refractivity contribution >= 4 is 33.5 Å². The zero-order valence-corrected chi connectivity index (χ0v) is 13.9. The minimum absolute atomic E-state index is 0.00175. The maximum Gasteiger partial charge on any atom is 0.418 e. The summed E-state index contributed by atoms with van der Waals surface area (Å²) in [5.41, 5.74) is 0.893. The fourth-order valence-corrected chi connectivity index (χ4v) is 3.83. The average Bonchev–Trinajstić information content (AvgIpc) is 3.04. The minimum Gasteiger partial charge on any atom is -0.331 e. The molecule has 0 spiro atoms. The molecule has 1 aromatic carbocycles. The number of anilines is 2. The van der Waals surface area contributed by atoms with Crippen molar-refractivity contribution in [3.05, 3.63) is 45.9 Å². The van der Waals surface area contributed by atoms with Gasteiger partial charge in [0.15, 0.2) is 5.13 Å². The Kier molecular flexibility index (Phi) is 4.11. The van der Waals surface area contributed by atoms with E-state index in [4.69, 9.17) is 0 Å². The molecule has 0 amide bonds. The Bertz CT molecular complexity index is 837. The van der Waals surface area contributed by atoms with Crippen LogP contribution in [0.3, 0.4) is 0 Å². The van der Waals surface area contributed by atoms with Crippen LogP contribution in [0.5, 0.6) is 0 Å². The lowest BCUT2D eigenvalue weighted by Gasteiger charge is -2.12.